The van der Waals surface area contributed by atoms with Gasteiger partial charge in [0.05, 0.1) is 7.45 Å². The van der Waals surface area contributed by atoms with E-state index in [1.165, 1.54) is 0 Å². The van der Waals surface area contributed by atoms with Crippen LogP contribution in [-0.2, 0) is 0 Å². The molecule has 62 valence electrons. The van der Waals surface area contributed by atoms with Gasteiger partial charge in [0.2, 0.25) is 0 Å². The van der Waals surface area contributed by atoms with E-state index < -0.39 is 6.08 Å². The number of rotatable bonds is 1. The Hall–Kier alpha value is -0.560. The molecule has 1 rings (SSSR count). The summed E-state index contributed by atoms with van der Waals surface area (Å²) in [5.74, 6) is 0.274. The molecular weight excluding hydrogens is 136 g/mol. The van der Waals surface area contributed by atoms with Crippen molar-refractivity contribution in [2.75, 3.05) is 0 Å². The number of aliphatic hydroxyl groups is 1. The van der Waals surface area contributed by atoms with E-state index in [1.54, 1.807) is 0 Å². The summed E-state index contributed by atoms with van der Waals surface area (Å²) >= 11 is 0. The maximum atomic E-state index is 9.62. The Labute approximate surface area is 69.8 Å². The lowest BCUT2D eigenvalue weighted by Crippen LogP contribution is -2.19. The van der Waals surface area contributed by atoms with Crippen molar-refractivity contribution in [3.8, 4) is 0 Å². The number of hydrogen-bond acceptors (Lipinski definition) is 1. The Morgan fingerprint density at radius 3 is 3.00 bits per heavy atom. The zero-order valence-electron chi connectivity index (χ0n) is 8.22. The summed E-state index contributed by atoms with van der Waals surface area (Å²) in [7, 11) is 0. The fourth-order valence-corrected chi connectivity index (χ4v) is 1.29. The highest BCUT2D eigenvalue weighted by Gasteiger charge is 2.19. The van der Waals surface area contributed by atoms with E-state index in [2.05, 4.69) is 6.58 Å². The van der Waals surface area contributed by atoms with Crippen LogP contribution in [0, 0.1) is 5.92 Å². The predicted octanol–water partition coefficient (Wildman–Crippen LogP) is 2.28. The molecule has 0 saturated carbocycles. The smallest absolute Gasteiger partial charge is 0.0753 e. The van der Waals surface area contributed by atoms with Gasteiger partial charge in [0.1, 0.15) is 0 Å². The summed E-state index contributed by atoms with van der Waals surface area (Å²) in [5.41, 5.74) is 1.82. The van der Waals surface area contributed by atoms with Crippen LogP contribution < -0.4 is 0 Å². The molecule has 0 amide bonds. The van der Waals surface area contributed by atoms with Crippen LogP contribution in [0.25, 0.3) is 0 Å². The van der Waals surface area contributed by atoms with Crippen molar-refractivity contribution in [3.63, 3.8) is 0 Å². The lowest BCUT2D eigenvalue weighted by molar-refractivity contribution is 0.174. The first kappa shape index (κ1) is 7.11. The molecule has 1 N–H and O–H groups in total. The topological polar surface area (TPSA) is 20.2 Å². The fourth-order valence-electron chi connectivity index (χ4n) is 1.29. The Bertz CT molecular complexity index is 228. The van der Waals surface area contributed by atoms with Gasteiger partial charge in [-0.05, 0) is 38.2 Å². The summed E-state index contributed by atoms with van der Waals surface area (Å²) in [6, 6.07) is 0. The fraction of sp³-hybridized carbons (Fsp3) is 0.600. The molecule has 0 saturated heterocycles. The highest BCUT2D eigenvalue weighted by atomic mass is 16.3. The summed E-state index contributed by atoms with van der Waals surface area (Å²) in [6.45, 7) is 7.61. The standard InChI is InChI=1S/C10H16O/c1-7(2)9-5-4-8(3)10(11)6-9/h4,9-11H,1,5-6H2,2-3H3/t9-,10+/m0/s1/i10D. The molecule has 0 aromatic carbocycles. The zero-order valence-corrected chi connectivity index (χ0v) is 7.22. The van der Waals surface area contributed by atoms with E-state index in [4.69, 9.17) is 1.37 Å². The minimum atomic E-state index is -1.36. The first-order valence-electron chi connectivity index (χ1n) is 4.48. The predicted molar refractivity (Wildman–Crippen MR) is 47.3 cm³/mol. The highest BCUT2D eigenvalue weighted by Crippen LogP contribution is 2.27. The second-order valence-corrected chi connectivity index (χ2v) is 3.32. The summed E-state index contributed by atoms with van der Waals surface area (Å²) in [6.07, 6.45) is 1.99. The number of allylic oxidation sites excluding steroid dienone is 2. The Kier molecular flexibility index (Phi) is 2.08. The third-order valence-electron chi connectivity index (χ3n) is 2.30. The molecule has 1 nitrogen and oxygen atoms in total. The minimum Gasteiger partial charge on any atom is -0.389 e. The molecule has 11 heavy (non-hydrogen) atoms. The van der Waals surface area contributed by atoms with Crippen molar-refractivity contribution in [1.82, 2.24) is 0 Å². The number of hydrogen-bond donors (Lipinski definition) is 1. The first-order chi connectivity index (χ1) is 5.43. The van der Waals surface area contributed by atoms with Crippen molar-refractivity contribution in [3.05, 3.63) is 23.8 Å². The molecule has 0 bridgehead atoms. The average molecular weight is 153 g/mol. The van der Waals surface area contributed by atoms with E-state index in [1.807, 2.05) is 19.9 Å². The SMILES string of the molecule is [2H][C@@]1(O)C[C@@H](C(=C)C)CC=C1C. The van der Waals surface area contributed by atoms with E-state index in [0.717, 1.165) is 17.6 Å². The second-order valence-electron chi connectivity index (χ2n) is 3.32. The lowest BCUT2D eigenvalue weighted by atomic mass is 9.84. The molecule has 0 radical (unpaired) electrons. The average Bonchev–Trinajstić information content (AvgIpc) is 1.94. The molecule has 1 aliphatic carbocycles. The summed E-state index contributed by atoms with van der Waals surface area (Å²) < 4.78 is 7.60. The van der Waals surface area contributed by atoms with Gasteiger partial charge in [-0.15, -0.1) is 0 Å². The molecule has 0 fully saturated rings. The third kappa shape index (κ3) is 1.93. The maximum absolute atomic E-state index is 9.62. The lowest BCUT2D eigenvalue weighted by Gasteiger charge is -2.24. The monoisotopic (exact) mass is 153 g/mol. The van der Waals surface area contributed by atoms with Gasteiger partial charge in [-0.1, -0.05) is 18.2 Å². The van der Waals surface area contributed by atoms with Crippen molar-refractivity contribution in [1.29, 1.82) is 0 Å². The van der Waals surface area contributed by atoms with Gasteiger partial charge in [0.15, 0.2) is 0 Å². The van der Waals surface area contributed by atoms with Crippen LogP contribution in [0.3, 0.4) is 0 Å². The molecule has 0 spiro atoms. The van der Waals surface area contributed by atoms with Crippen LogP contribution in [0.4, 0.5) is 0 Å². The molecular formula is C10H16O. The van der Waals surface area contributed by atoms with Gasteiger partial charge in [0, 0.05) is 0 Å². The molecule has 2 atom stereocenters. The largest absolute Gasteiger partial charge is 0.389 e. The molecule has 0 aromatic heterocycles. The van der Waals surface area contributed by atoms with E-state index in [0.29, 0.717) is 6.42 Å². The van der Waals surface area contributed by atoms with Gasteiger partial charge in [0.25, 0.3) is 0 Å². The Morgan fingerprint density at radius 2 is 2.55 bits per heavy atom. The highest BCUT2D eigenvalue weighted by molar-refractivity contribution is 5.14. The van der Waals surface area contributed by atoms with Crippen LogP contribution in [0.5, 0.6) is 0 Å². The van der Waals surface area contributed by atoms with Crippen LogP contribution >= 0.6 is 0 Å². The summed E-state index contributed by atoms with van der Waals surface area (Å²) in [4.78, 5) is 0. The van der Waals surface area contributed by atoms with E-state index in [-0.39, 0.29) is 5.92 Å². The van der Waals surface area contributed by atoms with E-state index in [9.17, 15) is 5.11 Å². The Morgan fingerprint density at radius 1 is 1.91 bits per heavy atom. The van der Waals surface area contributed by atoms with Gasteiger partial charge < -0.3 is 5.11 Å². The molecule has 0 aromatic rings. The van der Waals surface area contributed by atoms with Crippen molar-refractivity contribution in [2.45, 2.75) is 32.8 Å². The normalized spacial score (nSPS) is 39.4. The quantitative estimate of drug-likeness (QED) is 0.573. The van der Waals surface area contributed by atoms with Crippen LogP contribution in [0.2, 0.25) is 0 Å². The zero-order chi connectivity index (χ0) is 9.35. The van der Waals surface area contributed by atoms with Crippen LogP contribution in [0.15, 0.2) is 23.8 Å². The van der Waals surface area contributed by atoms with E-state index >= 15 is 0 Å². The van der Waals surface area contributed by atoms with Crippen molar-refractivity contribution in [2.24, 2.45) is 5.92 Å². The van der Waals surface area contributed by atoms with Crippen LogP contribution in [-0.4, -0.2) is 11.2 Å². The third-order valence-corrected chi connectivity index (χ3v) is 2.30. The molecule has 0 heterocycles. The van der Waals surface area contributed by atoms with Crippen molar-refractivity contribution >= 4 is 0 Å². The Balaban J connectivity index is 2.79. The van der Waals surface area contributed by atoms with Gasteiger partial charge >= 0.3 is 0 Å². The first-order valence-corrected chi connectivity index (χ1v) is 3.98. The molecule has 0 aliphatic heterocycles. The van der Waals surface area contributed by atoms with Gasteiger partial charge in [-0.25, -0.2) is 0 Å². The molecule has 1 aliphatic rings. The van der Waals surface area contributed by atoms with Gasteiger partial charge in [-0.3, -0.25) is 0 Å². The molecule has 0 unspecified atom stereocenters. The maximum Gasteiger partial charge on any atom is 0.0753 e. The van der Waals surface area contributed by atoms with Gasteiger partial charge in [-0.2, -0.15) is 0 Å². The van der Waals surface area contributed by atoms with Crippen LogP contribution in [0.1, 0.15) is 28.1 Å². The molecule has 1 heteroatoms. The second kappa shape index (κ2) is 3.22. The summed E-state index contributed by atoms with van der Waals surface area (Å²) in [5, 5.41) is 9.62. The van der Waals surface area contributed by atoms with Crippen molar-refractivity contribution < 1.29 is 6.48 Å². The minimum absolute atomic E-state index is 0.274.